The number of benzene rings is 2. The molecule has 1 amide bonds. The van der Waals surface area contributed by atoms with Crippen molar-refractivity contribution in [3.05, 3.63) is 65.5 Å². The number of nitrogens with two attached hydrogens (primary N) is 1. The lowest BCUT2D eigenvalue weighted by atomic mass is 10.1. The largest absolute Gasteiger partial charge is 0.375 e. The molecular formula is C20H22N4OS. The van der Waals surface area contributed by atoms with Gasteiger partial charge in [0.2, 0.25) is 5.91 Å². The number of thiazole rings is 1. The number of aromatic nitrogens is 1. The fourth-order valence-electron chi connectivity index (χ4n) is 2.57. The summed E-state index contributed by atoms with van der Waals surface area (Å²) in [5, 5.41) is 8.69. The fourth-order valence-corrected chi connectivity index (χ4v) is 3.14. The number of carbonyl (C=O) groups is 1. The van der Waals surface area contributed by atoms with Crippen molar-refractivity contribution in [2.24, 2.45) is 0 Å². The van der Waals surface area contributed by atoms with E-state index in [0.717, 1.165) is 29.9 Å². The molecule has 0 spiro atoms. The van der Waals surface area contributed by atoms with Crippen LogP contribution in [0.2, 0.25) is 0 Å². The zero-order chi connectivity index (χ0) is 18.2. The summed E-state index contributed by atoms with van der Waals surface area (Å²) in [7, 11) is 0. The minimum absolute atomic E-state index is 0.00265. The molecule has 5 nitrogen and oxygen atoms in total. The maximum atomic E-state index is 12.0. The fraction of sp³-hybridized carbons (Fsp3) is 0.200. The van der Waals surface area contributed by atoms with Gasteiger partial charge in [0.05, 0.1) is 5.69 Å². The number of rotatable bonds is 8. The van der Waals surface area contributed by atoms with Gasteiger partial charge in [-0.25, -0.2) is 4.98 Å². The molecule has 1 aromatic heterocycles. The third-order valence-corrected chi connectivity index (χ3v) is 4.62. The number of nitrogen functional groups attached to an aromatic ring is 1. The molecule has 0 saturated carbocycles. The van der Waals surface area contributed by atoms with Crippen molar-refractivity contribution < 1.29 is 4.79 Å². The Kier molecular flexibility index (Phi) is 6.35. The van der Waals surface area contributed by atoms with Crippen molar-refractivity contribution in [1.29, 1.82) is 0 Å². The molecule has 4 N–H and O–H groups in total. The number of carbonyl (C=O) groups excluding carboxylic acids is 1. The smallest absolute Gasteiger partial charge is 0.225 e. The predicted molar refractivity (Wildman–Crippen MR) is 108 cm³/mol. The molecule has 0 aliphatic rings. The Labute approximate surface area is 157 Å². The van der Waals surface area contributed by atoms with E-state index >= 15 is 0 Å². The highest BCUT2D eigenvalue weighted by molar-refractivity contribution is 7.13. The summed E-state index contributed by atoms with van der Waals surface area (Å²) >= 11 is 1.42. The standard InChI is InChI=1S/C20H22N4OS/c21-20-24-18(14-26-20)16-6-8-17(9-7-16)23-19(25)11-13-22-12-10-15-4-2-1-3-5-15/h1-9,14,22H,10-13H2,(H2,21,24)(H,23,25). The highest BCUT2D eigenvalue weighted by atomic mass is 32.1. The average Bonchev–Trinajstić information content (AvgIpc) is 3.09. The second-order valence-electron chi connectivity index (χ2n) is 5.93. The molecule has 6 heteroatoms. The highest BCUT2D eigenvalue weighted by Crippen LogP contribution is 2.24. The minimum Gasteiger partial charge on any atom is -0.375 e. The molecule has 1 heterocycles. The molecule has 0 unspecified atom stereocenters. The molecule has 3 aromatic rings. The Morgan fingerprint density at radius 1 is 1.04 bits per heavy atom. The lowest BCUT2D eigenvalue weighted by Gasteiger charge is -2.07. The Bertz CT molecular complexity index is 831. The van der Waals surface area contributed by atoms with Crippen molar-refractivity contribution in [1.82, 2.24) is 10.3 Å². The summed E-state index contributed by atoms with van der Waals surface area (Å²) in [5.74, 6) is 0.00265. The van der Waals surface area contributed by atoms with Crippen LogP contribution in [-0.4, -0.2) is 24.0 Å². The summed E-state index contributed by atoms with van der Waals surface area (Å²) in [4.78, 5) is 16.3. The summed E-state index contributed by atoms with van der Waals surface area (Å²) in [5.41, 5.74) is 9.58. The third-order valence-electron chi connectivity index (χ3n) is 3.95. The van der Waals surface area contributed by atoms with Gasteiger partial charge in [0.15, 0.2) is 5.13 Å². The van der Waals surface area contributed by atoms with E-state index in [4.69, 9.17) is 5.73 Å². The molecule has 0 radical (unpaired) electrons. The molecular weight excluding hydrogens is 344 g/mol. The van der Waals surface area contributed by atoms with Gasteiger partial charge in [0, 0.05) is 29.6 Å². The summed E-state index contributed by atoms with van der Waals surface area (Å²) in [6.45, 7) is 1.53. The normalized spacial score (nSPS) is 10.6. The van der Waals surface area contributed by atoms with E-state index in [-0.39, 0.29) is 5.91 Å². The molecule has 134 valence electrons. The second-order valence-corrected chi connectivity index (χ2v) is 6.82. The van der Waals surface area contributed by atoms with Crippen molar-refractivity contribution in [2.75, 3.05) is 24.1 Å². The molecule has 0 aliphatic heterocycles. The van der Waals surface area contributed by atoms with Crippen LogP contribution < -0.4 is 16.4 Å². The first kappa shape index (κ1) is 18.1. The van der Waals surface area contributed by atoms with Crippen LogP contribution in [0.25, 0.3) is 11.3 Å². The van der Waals surface area contributed by atoms with Crippen LogP contribution >= 0.6 is 11.3 Å². The van der Waals surface area contributed by atoms with Crippen LogP contribution in [0, 0.1) is 0 Å². The Balaban J connectivity index is 1.38. The van der Waals surface area contributed by atoms with E-state index in [2.05, 4.69) is 27.8 Å². The quantitative estimate of drug-likeness (QED) is 0.533. The maximum absolute atomic E-state index is 12.0. The first-order chi connectivity index (χ1) is 12.7. The van der Waals surface area contributed by atoms with Gasteiger partial charge in [-0.2, -0.15) is 0 Å². The lowest BCUT2D eigenvalue weighted by Crippen LogP contribution is -2.23. The number of hydrogen-bond acceptors (Lipinski definition) is 5. The lowest BCUT2D eigenvalue weighted by molar-refractivity contribution is -0.116. The van der Waals surface area contributed by atoms with E-state index in [9.17, 15) is 4.79 Å². The van der Waals surface area contributed by atoms with Gasteiger partial charge >= 0.3 is 0 Å². The van der Waals surface area contributed by atoms with E-state index in [1.54, 1.807) is 0 Å². The van der Waals surface area contributed by atoms with Gasteiger partial charge in [0.1, 0.15) is 0 Å². The molecule has 26 heavy (non-hydrogen) atoms. The molecule has 0 fully saturated rings. The van der Waals surface area contributed by atoms with Crippen molar-refractivity contribution in [2.45, 2.75) is 12.8 Å². The van der Waals surface area contributed by atoms with Crippen molar-refractivity contribution in [3.8, 4) is 11.3 Å². The second kappa shape index (κ2) is 9.12. The van der Waals surface area contributed by atoms with Crippen LogP contribution in [0.1, 0.15) is 12.0 Å². The zero-order valence-electron chi connectivity index (χ0n) is 14.4. The highest BCUT2D eigenvalue weighted by Gasteiger charge is 2.05. The van der Waals surface area contributed by atoms with Crippen molar-refractivity contribution >= 4 is 28.1 Å². The molecule has 0 saturated heterocycles. The monoisotopic (exact) mass is 366 g/mol. The zero-order valence-corrected chi connectivity index (χ0v) is 15.3. The van der Waals surface area contributed by atoms with Crippen molar-refractivity contribution in [3.63, 3.8) is 0 Å². The van der Waals surface area contributed by atoms with Crippen LogP contribution in [0.15, 0.2) is 60.0 Å². The SMILES string of the molecule is Nc1nc(-c2ccc(NC(=O)CCNCCc3ccccc3)cc2)cs1. The Hall–Kier alpha value is -2.70. The number of nitrogens with one attached hydrogen (secondary N) is 2. The Morgan fingerprint density at radius 2 is 1.81 bits per heavy atom. The molecule has 2 aromatic carbocycles. The van der Waals surface area contributed by atoms with Gasteiger partial charge in [-0.05, 0) is 30.7 Å². The van der Waals surface area contributed by atoms with Gasteiger partial charge < -0.3 is 16.4 Å². The minimum atomic E-state index is 0.00265. The number of anilines is 2. The van der Waals surface area contributed by atoms with Crippen LogP contribution in [0.4, 0.5) is 10.8 Å². The van der Waals surface area contributed by atoms with Gasteiger partial charge in [-0.15, -0.1) is 11.3 Å². The van der Waals surface area contributed by atoms with Gasteiger partial charge in [-0.1, -0.05) is 42.5 Å². The van der Waals surface area contributed by atoms with E-state index in [0.29, 0.717) is 18.1 Å². The van der Waals surface area contributed by atoms with E-state index < -0.39 is 0 Å². The molecule has 0 aliphatic carbocycles. The van der Waals surface area contributed by atoms with E-state index in [1.807, 2.05) is 47.8 Å². The summed E-state index contributed by atoms with van der Waals surface area (Å²) in [6.07, 6.45) is 1.41. The number of hydrogen-bond donors (Lipinski definition) is 3. The third kappa shape index (κ3) is 5.40. The number of amides is 1. The molecule has 3 rings (SSSR count). The summed E-state index contributed by atoms with van der Waals surface area (Å²) < 4.78 is 0. The maximum Gasteiger partial charge on any atom is 0.225 e. The van der Waals surface area contributed by atoms with Crippen LogP contribution in [0.5, 0.6) is 0 Å². The topological polar surface area (TPSA) is 80.0 Å². The first-order valence-corrected chi connectivity index (χ1v) is 9.44. The number of nitrogens with zero attached hydrogens (tertiary/aromatic N) is 1. The molecule has 0 bridgehead atoms. The van der Waals surface area contributed by atoms with Gasteiger partial charge in [-0.3, -0.25) is 4.79 Å². The molecule has 0 atom stereocenters. The predicted octanol–water partition coefficient (Wildman–Crippen LogP) is 3.55. The van der Waals surface area contributed by atoms with Gasteiger partial charge in [0.25, 0.3) is 0 Å². The average molecular weight is 366 g/mol. The van der Waals surface area contributed by atoms with Crippen LogP contribution in [0.3, 0.4) is 0 Å². The van der Waals surface area contributed by atoms with Crippen LogP contribution in [-0.2, 0) is 11.2 Å². The first-order valence-electron chi connectivity index (χ1n) is 8.56. The van der Waals surface area contributed by atoms with E-state index in [1.165, 1.54) is 16.9 Å². The summed E-state index contributed by atoms with van der Waals surface area (Å²) in [6, 6.07) is 17.9. The Morgan fingerprint density at radius 3 is 2.50 bits per heavy atom.